The van der Waals surface area contributed by atoms with Crippen LogP contribution in [-0.4, -0.2) is 42.0 Å². The van der Waals surface area contributed by atoms with E-state index in [1.54, 1.807) is 18.2 Å². The lowest BCUT2D eigenvalue weighted by molar-refractivity contribution is -0.384. The predicted octanol–water partition coefficient (Wildman–Crippen LogP) is 4.31. The third kappa shape index (κ3) is 4.90. The van der Waals surface area contributed by atoms with Crippen LogP contribution in [0.2, 0.25) is 0 Å². The summed E-state index contributed by atoms with van der Waals surface area (Å²) >= 11 is 0. The molecule has 31 heavy (non-hydrogen) atoms. The first-order chi connectivity index (χ1) is 15.1. The van der Waals surface area contributed by atoms with Gasteiger partial charge in [-0.1, -0.05) is 18.2 Å². The minimum Gasteiger partial charge on any atom is -0.490 e. The second kappa shape index (κ2) is 9.68. The van der Waals surface area contributed by atoms with Gasteiger partial charge in [-0.05, 0) is 43.0 Å². The molecule has 8 nitrogen and oxygen atoms in total. The molecule has 0 spiro atoms. The monoisotopic (exact) mass is 425 g/mol. The van der Waals surface area contributed by atoms with Crippen LogP contribution >= 0.6 is 0 Å². The first kappa shape index (κ1) is 21.0. The summed E-state index contributed by atoms with van der Waals surface area (Å²) in [4.78, 5) is 25.5. The van der Waals surface area contributed by atoms with E-state index in [4.69, 9.17) is 9.47 Å². The van der Waals surface area contributed by atoms with E-state index in [1.807, 2.05) is 23.1 Å². The Balaban J connectivity index is 1.33. The van der Waals surface area contributed by atoms with E-state index in [0.29, 0.717) is 38.3 Å². The van der Waals surface area contributed by atoms with Gasteiger partial charge < -0.3 is 19.7 Å². The van der Waals surface area contributed by atoms with Crippen molar-refractivity contribution in [3.05, 3.63) is 58.1 Å². The number of likely N-dealkylation sites (tertiary alicyclic amines) is 1. The zero-order valence-corrected chi connectivity index (χ0v) is 17.4. The minimum atomic E-state index is -0.405. The van der Waals surface area contributed by atoms with Crippen molar-refractivity contribution in [2.45, 2.75) is 38.1 Å². The minimum absolute atomic E-state index is 0.0443. The van der Waals surface area contributed by atoms with Crippen LogP contribution in [0.3, 0.4) is 0 Å². The van der Waals surface area contributed by atoms with Crippen LogP contribution in [0.15, 0.2) is 42.5 Å². The highest BCUT2D eigenvalue weighted by Crippen LogP contribution is 2.38. The smallest absolute Gasteiger partial charge is 0.292 e. The number of hydrogen-bond donors (Lipinski definition) is 1. The molecule has 0 aliphatic carbocycles. The van der Waals surface area contributed by atoms with Gasteiger partial charge in [0.05, 0.1) is 24.2 Å². The van der Waals surface area contributed by atoms with Crippen molar-refractivity contribution in [3.8, 4) is 11.5 Å². The van der Waals surface area contributed by atoms with Gasteiger partial charge in [-0.25, -0.2) is 0 Å². The van der Waals surface area contributed by atoms with Crippen molar-refractivity contribution in [2.75, 3.05) is 31.6 Å². The van der Waals surface area contributed by atoms with Crippen LogP contribution < -0.4 is 14.8 Å². The zero-order chi connectivity index (χ0) is 21.6. The zero-order valence-electron chi connectivity index (χ0n) is 17.4. The van der Waals surface area contributed by atoms with Crippen molar-refractivity contribution < 1.29 is 19.2 Å². The summed E-state index contributed by atoms with van der Waals surface area (Å²) in [7, 11) is 0. The highest BCUT2D eigenvalue weighted by Gasteiger charge is 2.30. The van der Waals surface area contributed by atoms with Gasteiger partial charge >= 0.3 is 0 Å². The summed E-state index contributed by atoms with van der Waals surface area (Å²) in [6.07, 6.45) is 3.77. The van der Waals surface area contributed by atoms with Crippen molar-refractivity contribution in [1.82, 2.24) is 4.90 Å². The summed E-state index contributed by atoms with van der Waals surface area (Å²) in [6, 6.07) is 12.6. The molecule has 2 aliphatic rings. The lowest BCUT2D eigenvalue weighted by Gasteiger charge is -2.26. The number of carbonyl (C=O) groups excluding carboxylic acids is 1. The van der Waals surface area contributed by atoms with E-state index in [1.165, 1.54) is 6.07 Å². The lowest BCUT2D eigenvalue weighted by Crippen LogP contribution is -2.30. The van der Waals surface area contributed by atoms with E-state index >= 15 is 0 Å². The largest absolute Gasteiger partial charge is 0.490 e. The summed E-state index contributed by atoms with van der Waals surface area (Å²) in [5, 5.41) is 14.2. The Hall–Kier alpha value is -3.29. The Labute approximate surface area is 181 Å². The third-order valence-electron chi connectivity index (χ3n) is 5.71. The third-order valence-corrected chi connectivity index (χ3v) is 5.71. The Morgan fingerprint density at radius 1 is 1.13 bits per heavy atom. The number of nitrogens with zero attached hydrogens (tertiary/aromatic N) is 2. The molecular formula is C23H27N3O5. The maximum atomic E-state index is 12.9. The van der Waals surface area contributed by atoms with E-state index in [-0.39, 0.29) is 17.6 Å². The fourth-order valence-electron chi connectivity index (χ4n) is 4.19. The number of para-hydroxylation sites is 2. The van der Waals surface area contributed by atoms with Crippen molar-refractivity contribution in [2.24, 2.45) is 0 Å². The fourth-order valence-corrected chi connectivity index (χ4v) is 4.19. The van der Waals surface area contributed by atoms with Crippen LogP contribution in [0.25, 0.3) is 0 Å². The van der Waals surface area contributed by atoms with E-state index in [2.05, 4.69) is 5.32 Å². The molecule has 1 fully saturated rings. The first-order valence-electron chi connectivity index (χ1n) is 10.8. The first-order valence-corrected chi connectivity index (χ1v) is 10.8. The molecule has 4 rings (SSSR count). The van der Waals surface area contributed by atoms with Crippen molar-refractivity contribution >= 4 is 17.3 Å². The molecule has 0 unspecified atom stereocenters. The number of anilines is 1. The van der Waals surface area contributed by atoms with E-state index < -0.39 is 4.92 Å². The number of amides is 1. The Morgan fingerprint density at radius 2 is 1.94 bits per heavy atom. The Kier molecular flexibility index (Phi) is 6.54. The number of nitro benzene ring substituents is 1. The molecule has 8 heteroatoms. The number of hydrogen-bond acceptors (Lipinski definition) is 6. The van der Waals surface area contributed by atoms with Gasteiger partial charge in [0.15, 0.2) is 11.5 Å². The van der Waals surface area contributed by atoms with Gasteiger partial charge in [-0.3, -0.25) is 14.9 Å². The Bertz CT molecular complexity index is 949. The topological polar surface area (TPSA) is 93.9 Å². The van der Waals surface area contributed by atoms with Gasteiger partial charge in [0.1, 0.15) is 5.69 Å². The van der Waals surface area contributed by atoms with E-state index in [9.17, 15) is 14.9 Å². The molecule has 2 aromatic carbocycles. The summed E-state index contributed by atoms with van der Waals surface area (Å²) in [6.45, 7) is 2.53. The van der Waals surface area contributed by atoms with Crippen LogP contribution in [0.4, 0.5) is 11.4 Å². The molecular weight excluding hydrogens is 398 g/mol. The molecule has 2 aliphatic heterocycles. The van der Waals surface area contributed by atoms with Crippen LogP contribution in [0.1, 0.15) is 43.7 Å². The highest BCUT2D eigenvalue weighted by molar-refractivity contribution is 5.77. The molecule has 2 heterocycles. The highest BCUT2D eigenvalue weighted by atomic mass is 16.6. The van der Waals surface area contributed by atoms with Crippen LogP contribution in [0, 0.1) is 10.1 Å². The predicted molar refractivity (Wildman–Crippen MR) is 117 cm³/mol. The standard InChI is InChI=1S/C23H27N3O5/c27-23(9-3-12-24-18-6-1-2-7-20(18)26(28)29)25-13-4-8-19(25)17-10-11-21-22(16-17)31-15-5-14-30-21/h1-2,6-7,10-11,16,19,24H,3-5,8-9,12-15H2/t19-/m0/s1. The number of nitro groups is 1. The molecule has 1 N–H and O–H groups in total. The molecule has 1 saturated heterocycles. The quantitative estimate of drug-likeness (QED) is 0.404. The average Bonchev–Trinajstić information content (AvgIpc) is 3.15. The van der Waals surface area contributed by atoms with E-state index in [0.717, 1.165) is 42.9 Å². The average molecular weight is 425 g/mol. The molecule has 1 amide bonds. The molecule has 0 aromatic heterocycles. The summed E-state index contributed by atoms with van der Waals surface area (Å²) in [5.41, 5.74) is 1.60. The van der Waals surface area contributed by atoms with Gasteiger partial charge in [0, 0.05) is 32.0 Å². The summed E-state index contributed by atoms with van der Waals surface area (Å²) in [5.74, 6) is 1.63. The van der Waals surface area contributed by atoms with Gasteiger partial charge in [0.2, 0.25) is 5.91 Å². The number of carbonyl (C=O) groups is 1. The van der Waals surface area contributed by atoms with Gasteiger partial charge in [0.25, 0.3) is 5.69 Å². The van der Waals surface area contributed by atoms with Gasteiger partial charge in [-0.15, -0.1) is 0 Å². The second-order valence-electron chi connectivity index (χ2n) is 7.81. The summed E-state index contributed by atoms with van der Waals surface area (Å²) < 4.78 is 11.5. The fraction of sp³-hybridized carbons (Fsp3) is 0.435. The van der Waals surface area contributed by atoms with Crippen molar-refractivity contribution in [1.29, 1.82) is 0 Å². The van der Waals surface area contributed by atoms with Gasteiger partial charge in [-0.2, -0.15) is 0 Å². The number of nitrogens with one attached hydrogen (secondary N) is 1. The molecule has 0 radical (unpaired) electrons. The SMILES string of the molecule is O=C(CCCNc1ccccc1[N+](=O)[O-])N1CCC[C@H]1c1ccc2c(c1)OCCCO2. The molecule has 0 saturated carbocycles. The molecule has 164 valence electrons. The lowest BCUT2D eigenvalue weighted by atomic mass is 10.0. The number of ether oxygens (including phenoxy) is 2. The number of benzene rings is 2. The second-order valence-corrected chi connectivity index (χ2v) is 7.81. The van der Waals surface area contributed by atoms with Crippen LogP contribution in [-0.2, 0) is 4.79 Å². The molecule has 0 bridgehead atoms. The maximum Gasteiger partial charge on any atom is 0.292 e. The van der Waals surface area contributed by atoms with Crippen molar-refractivity contribution in [3.63, 3.8) is 0 Å². The molecule has 2 aromatic rings. The van der Waals surface area contributed by atoms with Crippen LogP contribution in [0.5, 0.6) is 11.5 Å². The maximum absolute atomic E-state index is 12.9. The number of rotatable bonds is 7. The Morgan fingerprint density at radius 3 is 2.77 bits per heavy atom. The normalized spacial score (nSPS) is 17.8. The number of fused-ring (bicyclic) bond motifs is 1. The molecule has 1 atom stereocenters.